The Kier molecular flexibility index (Phi) is 6.17. The lowest BCUT2D eigenvalue weighted by Crippen LogP contribution is -2.30. The first kappa shape index (κ1) is 15.9. The largest absolute Gasteiger partial charge is 0.385 e. The van der Waals surface area contributed by atoms with Crippen molar-refractivity contribution in [3.8, 4) is 0 Å². The molecule has 0 aliphatic heterocycles. The minimum absolute atomic E-state index is 0.262. The summed E-state index contributed by atoms with van der Waals surface area (Å²) >= 11 is 6.06. The molecule has 0 N–H and O–H groups in total. The third kappa shape index (κ3) is 4.27. The van der Waals surface area contributed by atoms with Crippen molar-refractivity contribution in [2.24, 2.45) is 0 Å². The maximum atomic E-state index is 6.06. The second-order valence-corrected chi connectivity index (χ2v) is 5.00. The van der Waals surface area contributed by atoms with Crippen LogP contribution in [-0.4, -0.2) is 50.5 Å². The zero-order valence-electron chi connectivity index (χ0n) is 12.4. The van der Waals surface area contributed by atoms with Crippen molar-refractivity contribution in [1.82, 2.24) is 9.97 Å². The molecule has 0 bridgehead atoms. The van der Waals surface area contributed by atoms with Crippen LogP contribution in [0, 0.1) is 0 Å². The molecule has 0 saturated carbocycles. The summed E-state index contributed by atoms with van der Waals surface area (Å²) in [5.41, 5.74) is 0.849. The second-order valence-electron chi connectivity index (χ2n) is 4.66. The molecule has 0 atom stereocenters. The van der Waals surface area contributed by atoms with E-state index in [9.17, 15) is 0 Å². The molecular formula is C15H20ClN3O2. The fraction of sp³-hybridized carbons (Fsp3) is 0.467. The Morgan fingerprint density at radius 1 is 1.05 bits per heavy atom. The lowest BCUT2D eigenvalue weighted by atomic mass is 10.2. The summed E-state index contributed by atoms with van der Waals surface area (Å²) in [7, 11) is 3.40. The SMILES string of the molecule is COCCCN(CCOC)c1nc(Cl)nc2ccccc12. The van der Waals surface area contributed by atoms with Gasteiger partial charge in [-0.25, -0.2) is 4.98 Å². The molecule has 1 aromatic heterocycles. The van der Waals surface area contributed by atoms with Crippen molar-refractivity contribution in [3.63, 3.8) is 0 Å². The molecule has 0 aliphatic rings. The van der Waals surface area contributed by atoms with Crippen LogP contribution >= 0.6 is 11.6 Å². The first-order valence-electron chi connectivity index (χ1n) is 6.91. The molecule has 1 heterocycles. The number of rotatable bonds is 8. The minimum atomic E-state index is 0.262. The number of nitrogens with zero attached hydrogens (tertiary/aromatic N) is 3. The van der Waals surface area contributed by atoms with Gasteiger partial charge >= 0.3 is 0 Å². The number of anilines is 1. The highest BCUT2D eigenvalue weighted by Crippen LogP contribution is 2.25. The number of ether oxygens (including phenoxy) is 2. The molecule has 0 saturated heterocycles. The van der Waals surface area contributed by atoms with Crippen molar-refractivity contribution < 1.29 is 9.47 Å². The molecule has 114 valence electrons. The number of hydrogen-bond donors (Lipinski definition) is 0. The molecule has 0 radical (unpaired) electrons. The maximum absolute atomic E-state index is 6.06. The average molecular weight is 310 g/mol. The van der Waals surface area contributed by atoms with E-state index < -0.39 is 0 Å². The van der Waals surface area contributed by atoms with E-state index in [0.717, 1.165) is 36.2 Å². The van der Waals surface area contributed by atoms with Crippen LogP contribution in [0.25, 0.3) is 10.9 Å². The van der Waals surface area contributed by atoms with Crippen molar-refractivity contribution in [2.45, 2.75) is 6.42 Å². The summed E-state index contributed by atoms with van der Waals surface area (Å²) in [4.78, 5) is 10.8. The highest BCUT2D eigenvalue weighted by molar-refractivity contribution is 6.28. The van der Waals surface area contributed by atoms with Crippen LogP contribution in [-0.2, 0) is 9.47 Å². The predicted octanol–water partition coefficient (Wildman–Crippen LogP) is 2.77. The monoisotopic (exact) mass is 309 g/mol. The number of benzene rings is 1. The van der Waals surface area contributed by atoms with Gasteiger partial charge in [0.2, 0.25) is 5.28 Å². The van der Waals surface area contributed by atoms with Crippen LogP contribution in [0.15, 0.2) is 24.3 Å². The lowest BCUT2D eigenvalue weighted by molar-refractivity contribution is 0.191. The zero-order valence-corrected chi connectivity index (χ0v) is 13.1. The second kappa shape index (κ2) is 8.12. The molecule has 1 aromatic carbocycles. The van der Waals surface area contributed by atoms with E-state index in [4.69, 9.17) is 21.1 Å². The molecule has 0 spiro atoms. The molecular weight excluding hydrogens is 290 g/mol. The van der Waals surface area contributed by atoms with Crippen molar-refractivity contribution in [3.05, 3.63) is 29.5 Å². The van der Waals surface area contributed by atoms with E-state index in [-0.39, 0.29) is 5.28 Å². The fourth-order valence-corrected chi connectivity index (χ4v) is 2.37. The van der Waals surface area contributed by atoms with Gasteiger partial charge in [-0.1, -0.05) is 12.1 Å². The van der Waals surface area contributed by atoms with Gasteiger partial charge < -0.3 is 14.4 Å². The number of fused-ring (bicyclic) bond motifs is 1. The van der Waals surface area contributed by atoms with Gasteiger partial charge in [0.1, 0.15) is 5.82 Å². The van der Waals surface area contributed by atoms with Crippen LogP contribution < -0.4 is 4.90 Å². The Morgan fingerprint density at radius 3 is 2.57 bits per heavy atom. The van der Waals surface area contributed by atoms with Gasteiger partial charge in [0.15, 0.2) is 0 Å². The van der Waals surface area contributed by atoms with Gasteiger partial charge in [0.05, 0.1) is 12.1 Å². The van der Waals surface area contributed by atoms with E-state index in [0.29, 0.717) is 13.2 Å². The Bertz CT molecular complexity index is 580. The van der Waals surface area contributed by atoms with Crippen LogP contribution in [0.5, 0.6) is 0 Å². The summed E-state index contributed by atoms with van der Waals surface area (Å²) in [5, 5.41) is 1.26. The third-order valence-electron chi connectivity index (χ3n) is 3.20. The first-order chi connectivity index (χ1) is 10.3. The van der Waals surface area contributed by atoms with Gasteiger partial charge in [0.25, 0.3) is 0 Å². The Balaban J connectivity index is 2.33. The summed E-state index contributed by atoms with van der Waals surface area (Å²) < 4.78 is 10.3. The molecule has 6 heteroatoms. The quantitative estimate of drug-likeness (QED) is 0.554. The predicted molar refractivity (Wildman–Crippen MR) is 85.1 cm³/mol. The number of methoxy groups -OCH3 is 2. The normalized spacial score (nSPS) is 11.0. The van der Waals surface area contributed by atoms with E-state index in [1.54, 1.807) is 14.2 Å². The minimum Gasteiger partial charge on any atom is -0.385 e. The number of para-hydroxylation sites is 1. The molecule has 21 heavy (non-hydrogen) atoms. The van der Waals surface area contributed by atoms with Crippen LogP contribution in [0.2, 0.25) is 5.28 Å². The fourth-order valence-electron chi connectivity index (χ4n) is 2.20. The zero-order chi connectivity index (χ0) is 15.1. The lowest BCUT2D eigenvalue weighted by Gasteiger charge is -2.24. The Hall–Kier alpha value is -1.43. The highest BCUT2D eigenvalue weighted by Gasteiger charge is 2.13. The van der Waals surface area contributed by atoms with Crippen LogP contribution in [0.1, 0.15) is 6.42 Å². The summed E-state index contributed by atoms with van der Waals surface area (Å²) in [5.74, 6) is 0.846. The van der Waals surface area contributed by atoms with Crippen molar-refractivity contribution in [2.75, 3.05) is 45.4 Å². The third-order valence-corrected chi connectivity index (χ3v) is 3.37. The van der Waals surface area contributed by atoms with Gasteiger partial charge in [-0.05, 0) is 30.2 Å². The molecule has 0 fully saturated rings. The maximum Gasteiger partial charge on any atom is 0.224 e. The first-order valence-corrected chi connectivity index (χ1v) is 7.29. The van der Waals surface area contributed by atoms with Crippen molar-refractivity contribution in [1.29, 1.82) is 0 Å². The summed E-state index contributed by atoms with van der Waals surface area (Å²) in [6.45, 7) is 2.91. The number of hydrogen-bond acceptors (Lipinski definition) is 5. The molecule has 0 aliphatic carbocycles. The Morgan fingerprint density at radius 2 is 1.81 bits per heavy atom. The van der Waals surface area contributed by atoms with Gasteiger partial charge in [-0.3, -0.25) is 0 Å². The molecule has 0 amide bonds. The van der Waals surface area contributed by atoms with E-state index in [1.165, 1.54) is 0 Å². The van der Waals surface area contributed by atoms with Crippen LogP contribution in [0.4, 0.5) is 5.82 Å². The standard InChI is InChI=1S/C15H20ClN3O2/c1-20-10-5-8-19(9-11-21-2)14-12-6-3-4-7-13(12)17-15(16)18-14/h3-4,6-7H,5,8-11H2,1-2H3. The smallest absolute Gasteiger partial charge is 0.224 e. The molecule has 2 aromatic rings. The van der Waals surface area contributed by atoms with Crippen LogP contribution in [0.3, 0.4) is 0 Å². The van der Waals surface area contributed by atoms with E-state index in [1.807, 2.05) is 24.3 Å². The molecule has 2 rings (SSSR count). The van der Waals surface area contributed by atoms with Gasteiger partial charge in [0, 0.05) is 39.3 Å². The van der Waals surface area contributed by atoms with Crippen molar-refractivity contribution >= 4 is 28.3 Å². The Labute approximate surface area is 129 Å². The van der Waals surface area contributed by atoms with Gasteiger partial charge in [-0.15, -0.1) is 0 Å². The van der Waals surface area contributed by atoms with Gasteiger partial charge in [-0.2, -0.15) is 4.98 Å². The summed E-state index contributed by atoms with van der Waals surface area (Å²) in [6, 6.07) is 7.87. The van der Waals surface area contributed by atoms with E-state index >= 15 is 0 Å². The molecule has 0 unspecified atom stereocenters. The molecule has 5 nitrogen and oxygen atoms in total. The number of aromatic nitrogens is 2. The van der Waals surface area contributed by atoms with E-state index in [2.05, 4.69) is 14.9 Å². The average Bonchev–Trinajstić information content (AvgIpc) is 2.50. The summed E-state index contributed by atoms with van der Waals surface area (Å²) in [6.07, 6.45) is 0.913. The topological polar surface area (TPSA) is 47.5 Å². The highest BCUT2D eigenvalue weighted by atomic mass is 35.5. The number of halogens is 1.